The van der Waals surface area contributed by atoms with Gasteiger partial charge < -0.3 is 14.1 Å². The fourth-order valence-corrected chi connectivity index (χ4v) is 8.15. The molecule has 262 valence electrons. The molecular weight excluding hydrogens is 647 g/mol. The minimum absolute atomic E-state index is 0.0965. The predicted molar refractivity (Wildman–Crippen MR) is 203 cm³/mol. The molecule has 8 heteroatoms. The first-order chi connectivity index (χ1) is 23.2. The smallest absolute Gasteiger partial charge is 0.296 e. The van der Waals surface area contributed by atoms with Crippen LogP contribution in [0.3, 0.4) is 0 Å². The molecule has 1 unspecified atom stereocenters. The van der Waals surface area contributed by atoms with Crippen LogP contribution in [0.5, 0.6) is 11.5 Å². The molecule has 0 N–H and O–H groups in total. The molecule has 0 radical (unpaired) electrons. The number of fused-ring (bicyclic) bond motifs is 1. The highest BCUT2D eigenvalue weighted by Gasteiger charge is 2.39. The molecule has 49 heavy (non-hydrogen) atoms. The molecule has 0 aromatic heterocycles. The SMILES string of the molecule is CCN(Cc1ccc(CCOS(=O)(=O)c2ccc(C)cc2)cc1)c1cc(OC)ccc1C1CCc2cc(O[Si](C)(C)C(C)(C)C)ccc2C1. The van der Waals surface area contributed by atoms with E-state index in [1.807, 2.05) is 6.92 Å². The molecule has 1 atom stereocenters. The normalized spacial score (nSPS) is 15.1. The van der Waals surface area contributed by atoms with Crippen molar-refractivity contribution in [3.05, 3.63) is 118 Å². The number of methoxy groups -OCH3 is 1. The third-order valence-electron chi connectivity index (χ3n) is 10.3. The summed E-state index contributed by atoms with van der Waals surface area (Å²) in [4.78, 5) is 2.61. The molecule has 0 aliphatic heterocycles. The molecule has 0 spiro atoms. The first-order valence-corrected chi connectivity index (χ1v) is 21.8. The summed E-state index contributed by atoms with van der Waals surface area (Å²) in [6, 6.07) is 28.4. The number of rotatable bonds is 13. The number of hydrogen-bond donors (Lipinski definition) is 0. The van der Waals surface area contributed by atoms with Crippen LogP contribution in [0.4, 0.5) is 5.69 Å². The van der Waals surface area contributed by atoms with Gasteiger partial charge in [-0.2, -0.15) is 8.42 Å². The maximum Gasteiger partial charge on any atom is 0.296 e. The molecule has 4 aromatic rings. The molecular formula is C41H53NO5SSi. The second kappa shape index (κ2) is 15.1. The lowest BCUT2D eigenvalue weighted by molar-refractivity contribution is 0.322. The Morgan fingerprint density at radius 3 is 2.18 bits per heavy atom. The maximum absolute atomic E-state index is 12.6. The molecule has 0 bridgehead atoms. The van der Waals surface area contributed by atoms with E-state index in [4.69, 9.17) is 13.3 Å². The molecule has 1 aliphatic carbocycles. The lowest BCUT2D eigenvalue weighted by Gasteiger charge is -2.37. The van der Waals surface area contributed by atoms with Crippen molar-refractivity contribution in [3.63, 3.8) is 0 Å². The zero-order chi connectivity index (χ0) is 35.4. The van der Waals surface area contributed by atoms with E-state index >= 15 is 0 Å². The van der Waals surface area contributed by atoms with Gasteiger partial charge in [-0.05, 0) is 122 Å². The van der Waals surface area contributed by atoms with Gasteiger partial charge in [0.25, 0.3) is 10.1 Å². The number of ether oxygens (including phenoxy) is 1. The summed E-state index contributed by atoms with van der Waals surface area (Å²) in [5.74, 6) is 2.28. The van der Waals surface area contributed by atoms with Gasteiger partial charge in [-0.15, -0.1) is 0 Å². The van der Waals surface area contributed by atoms with Gasteiger partial charge in [0.1, 0.15) is 11.5 Å². The van der Waals surface area contributed by atoms with E-state index < -0.39 is 18.4 Å². The second-order valence-corrected chi connectivity index (χ2v) is 21.2. The summed E-state index contributed by atoms with van der Waals surface area (Å²) in [6.45, 7) is 17.3. The average molecular weight is 700 g/mol. The molecule has 0 fully saturated rings. The van der Waals surface area contributed by atoms with E-state index in [9.17, 15) is 8.42 Å². The van der Waals surface area contributed by atoms with Crippen LogP contribution in [0, 0.1) is 6.92 Å². The zero-order valence-electron chi connectivity index (χ0n) is 30.5. The molecule has 4 aromatic carbocycles. The van der Waals surface area contributed by atoms with Crippen LogP contribution in [-0.4, -0.2) is 37.0 Å². The Morgan fingerprint density at radius 2 is 1.53 bits per heavy atom. The summed E-state index contributed by atoms with van der Waals surface area (Å²) >= 11 is 0. The molecule has 0 amide bonds. The highest BCUT2D eigenvalue weighted by Crippen LogP contribution is 2.42. The minimum Gasteiger partial charge on any atom is -0.543 e. The average Bonchev–Trinajstić information content (AvgIpc) is 3.07. The van der Waals surface area contributed by atoms with E-state index in [1.54, 1.807) is 31.4 Å². The van der Waals surface area contributed by atoms with Crippen molar-refractivity contribution < 1.29 is 21.8 Å². The Kier molecular flexibility index (Phi) is 11.3. The highest BCUT2D eigenvalue weighted by molar-refractivity contribution is 7.86. The highest BCUT2D eigenvalue weighted by atomic mass is 32.2. The molecule has 1 aliphatic rings. The van der Waals surface area contributed by atoms with Crippen molar-refractivity contribution in [1.82, 2.24) is 0 Å². The number of aryl methyl sites for hydroxylation is 2. The standard InChI is InChI=1S/C41H53NO5SSi/c1-9-42(29-32-14-12-31(13-15-32)24-25-46-48(43,44)38-21-10-30(2)11-22-38)40-28-36(45-6)20-23-39(40)35-17-16-34-27-37(19-18-33(34)26-35)47-49(7,8)41(3,4)5/h10-15,18-23,27-28,35H,9,16-17,24-26,29H2,1-8H3. The molecule has 0 saturated heterocycles. The molecule has 0 saturated carbocycles. The van der Waals surface area contributed by atoms with Gasteiger partial charge >= 0.3 is 0 Å². The first-order valence-electron chi connectivity index (χ1n) is 17.5. The van der Waals surface area contributed by atoms with Gasteiger partial charge in [0, 0.05) is 24.8 Å². The Labute approximate surface area is 295 Å². The van der Waals surface area contributed by atoms with Crippen molar-refractivity contribution >= 4 is 24.1 Å². The third kappa shape index (κ3) is 8.96. The summed E-state index contributed by atoms with van der Waals surface area (Å²) in [5.41, 5.74) is 8.63. The van der Waals surface area contributed by atoms with Gasteiger partial charge in [-0.3, -0.25) is 4.18 Å². The number of benzene rings is 4. The Balaban J connectivity index is 1.26. The van der Waals surface area contributed by atoms with Crippen LogP contribution in [0.1, 0.15) is 73.4 Å². The van der Waals surface area contributed by atoms with Crippen LogP contribution in [-0.2, 0) is 40.1 Å². The molecule has 5 rings (SSSR count). The van der Waals surface area contributed by atoms with Crippen molar-refractivity contribution in [1.29, 1.82) is 0 Å². The fraction of sp³-hybridized carbons (Fsp3) is 0.415. The maximum atomic E-state index is 12.6. The van der Waals surface area contributed by atoms with Gasteiger partial charge in [0.15, 0.2) is 0 Å². The van der Waals surface area contributed by atoms with E-state index in [2.05, 4.69) is 106 Å². The second-order valence-electron chi connectivity index (χ2n) is 14.8. The van der Waals surface area contributed by atoms with E-state index in [0.29, 0.717) is 12.3 Å². The van der Waals surface area contributed by atoms with Crippen LogP contribution in [0.2, 0.25) is 18.1 Å². The monoisotopic (exact) mass is 699 g/mol. The largest absolute Gasteiger partial charge is 0.543 e. The van der Waals surface area contributed by atoms with Gasteiger partial charge in [-0.1, -0.05) is 74.9 Å². The third-order valence-corrected chi connectivity index (χ3v) is 16.0. The lowest BCUT2D eigenvalue weighted by atomic mass is 9.79. The van der Waals surface area contributed by atoms with Crippen molar-refractivity contribution in [2.75, 3.05) is 25.2 Å². The van der Waals surface area contributed by atoms with Crippen LogP contribution < -0.4 is 14.1 Å². The minimum atomic E-state index is -3.78. The molecule has 6 nitrogen and oxygen atoms in total. The first kappa shape index (κ1) is 36.7. The number of hydrogen-bond acceptors (Lipinski definition) is 6. The van der Waals surface area contributed by atoms with E-state index in [-0.39, 0.29) is 16.5 Å². The van der Waals surface area contributed by atoms with Crippen molar-refractivity contribution in [3.8, 4) is 11.5 Å². The van der Waals surface area contributed by atoms with Crippen LogP contribution in [0.15, 0.2) is 89.8 Å². The quantitative estimate of drug-likeness (QED) is 0.102. The zero-order valence-corrected chi connectivity index (χ0v) is 32.3. The topological polar surface area (TPSA) is 65.1 Å². The van der Waals surface area contributed by atoms with Gasteiger partial charge in [0.2, 0.25) is 8.32 Å². The predicted octanol–water partition coefficient (Wildman–Crippen LogP) is 9.63. The Hall–Kier alpha value is -3.59. The fourth-order valence-electron chi connectivity index (χ4n) is 6.22. The summed E-state index contributed by atoms with van der Waals surface area (Å²) < 4.78 is 42.8. The van der Waals surface area contributed by atoms with Gasteiger partial charge in [-0.25, -0.2) is 0 Å². The molecule has 0 heterocycles. The van der Waals surface area contributed by atoms with E-state index in [0.717, 1.165) is 55.0 Å². The van der Waals surface area contributed by atoms with E-state index in [1.165, 1.54) is 27.9 Å². The lowest BCUT2D eigenvalue weighted by Crippen LogP contribution is -2.43. The van der Waals surface area contributed by atoms with Gasteiger partial charge in [0.05, 0.1) is 18.6 Å². The Bertz CT molecular complexity index is 1830. The van der Waals surface area contributed by atoms with Crippen molar-refractivity contribution in [2.45, 2.75) is 95.8 Å². The number of anilines is 1. The summed E-state index contributed by atoms with van der Waals surface area (Å²) in [5, 5.41) is 0.161. The van der Waals surface area contributed by atoms with Crippen molar-refractivity contribution in [2.24, 2.45) is 0 Å². The Morgan fingerprint density at radius 1 is 0.857 bits per heavy atom. The summed E-state index contributed by atoms with van der Waals surface area (Å²) in [7, 11) is -3.95. The van der Waals surface area contributed by atoms with Crippen LogP contribution >= 0.6 is 0 Å². The van der Waals surface area contributed by atoms with Crippen LogP contribution in [0.25, 0.3) is 0 Å². The summed E-state index contributed by atoms with van der Waals surface area (Å²) in [6.07, 6.45) is 3.63. The number of nitrogens with zero attached hydrogens (tertiary/aromatic N) is 1.